The predicted molar refractivity (Wildman–Crippen MR) is 52.4 cm³/mol. The Morgan fingerprint density at radius 1 is 1.33 bits per heavy atom. The molecule has 0 saturated heterocycles. The van der Waals surface area contributed by atoms with Crippen molar-refractivity contribution in [3.63, 3.8) is 0 Å². The highest BCUT2D eigenvalue weighted by Crippen LogP contribution is 2.27. The fraction of sp³-hybridized carbons (Fsp3) is 0.500. The van der Waals surface area contributed by atoms with Crippen LogP contribution in [0.2, 0.25) is 0 Å². The minimum absolute atomic E-state index is 0.888. The first-order valence-corrected chi connectivity index (χ1v) is 4.84. The molecule has 12 heavy (non-hydrogen) atoms. The van der Waals surface area contributed by atoms with Crippen molar-refractivity contribution in [1.29, 1.82) is 0 Å². The maximum atomic E-state index is 2.35. The van der Waals surface area contributed by atoms with E-state index in [1.54, 1.807) is 11.1 Å². The quantitative estimate of drug-likeness (QED) is 0.547. The van der Waals surface area contributed by atoms with Gasteiger partial charge in [-0.1, -0.05) is 25.1 Å². The topological polar surface area (TPSA) is 0 Å². The van der Waals surface area contributed by atoms with Crippen LogP contribution in [-0.4, -0.2) is 0 Å². The van der Waals surface area contributed by atoms with E-state index in [0.717, 1.165) is 5.92 Å². The molecule has 2 rings (SSSR count). The lowest BCUT2D eigenvalue weighted by Crippen LogP contribution is -2.12. The van der Waals surface area contributed by atoms with Gasteiger partial charge in [-0.15, -0.1) is 0 Å². The van der Waals surface area contributed by atoms with Crippen LogP contribution in [0.25, 0.3) is 0 Å². The van der Waals surface area contributed by atoms with Crippen molar-refractivity contribution in [2.75, 3.05) is 0 Å². The lowest BCUT2D eigenvalue weighted by Gasteiger charge is -2.22. The van der Waals surface area contributed by atoms with Crippen molar-refractivity contribution in [2.24, 2.45) is 5.92 Å². The normalized spacial score (nSPS) is 22.0. The van der Waals surface area contributed by atoms with Gasteiger partial charge in [-0.2, -0.15) is 0 Å². The number of rotatable bonds is 0. The second kappa shape index (κ2) is 2.93. The molecular weight excluding hydrogens is 144 g/mol. The summed E-state index contributed by atoms with van der Waals surface area (Å²) in [5, 5.41) is 0. The monoisotopic (exact) mass is 160 g/mol. The molecule has 0 aromatic heterocycles. The number of benzene rings is 1. The minimum Gasteiger partial charge on any atom is -0.0622 e. The molecule has 1 aliphatic rings. The molecule has 64 valence electrons. The average molecular weight is 160 g/mol. The van der Waals surface area contributed by atoms with E-state index in [2.05, 4.69) is 32.0 Å². The van der Waals surface area contributed by atoms with Crippen LogP contribution in [0.1, 0.15) is 30.0 Å². The van der Waals surface area contributed by atoms with Crippen molar-refractivity contribution >= 4 is 0 Å². The summed E-state index contributed by atoms with van der Waals surface area (Å²) in [6.45, 7) is 4.58. The van der Waals surface area contributed by atoms with Gasteiger partial charge >= 0.3 is 0 Å². The molecule has 0 spiro atoms. The van der Waals surface area contributed by atoms with Crippen molar-refractivity contribution in [2.45, 2.75) is 33.1 Å². The van der Waals surface area contributed by atoms with Gasteiger partial charge in [0.1, 0.15) is 0 Å². The second-order valence-electron chi connectivity index (χ2n) is 4.06. The Hall–Kier alpha value is -0.780. The van der Waals surface area contributed by atoms with Crippen molar-refractivity contribution < 1.29 is 0 Å². The maximum Gasteiger partial charge on any atom is -0.0250 e. The Labute approximate surface area is 74.6 Å². The Morgan fingerprint density at radius 3 is 3.00 bits per heavy atom. The van der Waals surface area contributed by atoms with Crippen molar-refractivity contribution in [1.82, 2.24) is 0 Å². The van der Waals surface area contributed by atoms with Crippen LogP contribution < -0.4 is 0 Å². The Bertz CT molecular complexity index is 286. The summed E-state index contributed by atoms with van der Waals surface area (Å²) in [7, 11) is 0. The third kappa shape index (κ3) is 1.26. The summed E-state index contributed by atoms with van der Waals surface area (Å²) in [5.41, 5.74) is 4.70. The zero-order valence-electron chi connectivity index (χ0n) is 7.93. The molecule has 1 atom stereocenters. The summed E-state index contributed by atoms with van der Waals surface area (Å²) in [6, 6.07) is 6.71. The van der Waals surface area contributed by atoms with E-state index in [9.17, 15) is 0 Å². The zero-order valence-corrected chi connectivity index (χ0v) is 7.93. The molecule has 0 aliphatic heterocycles. The lowest BCUT2D eigenvalue weighted by molar-refractivity contribution is 0.500. The molecule has 0 N–H and O–H groups in total. The van der Waals surface area contributed by atoms with Gasteiger partial charge in [-0.05, 0) is 48.8 Å². The number of fused-ring (bicyclic) bond motifs is 1. The van der Waals surface area contributed by atoms with Gasteiger partial charge in [0.05, 0.1) is 0 Å². The van der Waals surface area contributed by atoms with Crippen molar-refractivity contribution in [3.05, 3.63) is 34.9 Å². The fourth-order valence-electron chi connectivity index (χ4n) is 2.18. The molecule has 0 saturated carbocycles. The summed E-state index contributed by atoms with van der Waals surface area (Å²) < 4.78 is 0. The molecule has 1 aliphatic carbocycles. The molecule has 0 amide bonds. The van der Waals surface area contributed by atoms with Gasteiger partial charge in [-0.3, -0.25) is 0 Å². The molecule has 0 heteroatoms. The molecule has 0 nitrogen and oxygen atoms in total. The number of hydrogen-bond donors (Lipinski definition) is 0. The highest BCUT2D eigenvalue weighted by atomic mass is 14.2. The smallest absolute Gasteiger partial charge is 0.0250 e. The summed E-state index contributed by atoms with van der Waals surface area (Å²) in [6.07, 6.45) is 3.96. The third-order valence-electron chi connectivity index (χ3n) is 2.96. The lowest BCUT2D eigenvalue weighted by atomic mass is 9.83. The first kappa shape index (κ1) is 7.85. The largest absolute Gasteiger partial charge is 0.0622 e. The van der Waals surface area contributed by atoms with Crippen LogP contribution >= 0.6 is 0 Å². The van der Waals surface area contributed by atoms with Crippen LogP contribution in [0, 0.1) is 12.8 Å². The summed E-state index contributed by atoms with van der Waals surface area (Å²) in [4.78, 5) is 0. The average Bonchev–Trinajstić information content (AvgIpc) is 2.04. The molecule has 0 fully saturated rings. The molecular formula is C12H16. The van der Waals surface area contributed by atoms with Gasteiger partial charge < -0.3 is 0 Å². The van der Waals surface area contributed by atoms with Gasteiger partial charge in [0, 0.05) is 0 Å². The number of aryl methyl sites for hydroxylation is 1. The second-order valence-corrected chi connectivity index (χ2v) is 4.06. The first-order chi connectivity index (χ1) is 5.77. The number of hydrogen-bond acceptors (Lipinski definition) is 0. The Kier molecular flexibility index (Phi) is 1.92. The van der Waals surface area contributed by atoms with E-state index >= 15 is 0 Å². The van der Waals surface area contributed by atoms with Crippen LogP contribution in [0.15, 0.2) is 18.2 Å². The van der Waals surface area contributed by atoms with Crippen LogP contribution in [0.5, 0.6) is 0 Å². The van der Waals surface area contributed by atoms with Gasteiger partial charge in [0.15, 0.2) is 0 Å². The highest BCUT2D eigenvalue weighted by Gasteiger charge is 2.15. The third-order valence-corrected chi connectivity index (χ3v) is 2.96. The molecule has 0 heterocycles. The van der Waals surface area contributed by atoms with E-state index in [4.69, 9.17) is 0 Å². The fourth-order valence-corrected chi connectivity index (χ4v) is 2.18. The van der Waals surface area contributed by atoms with Gasteiger partial charge in [0.25, 0.3) is 0 Å². The van der Waals surface area contributed by atoms with Crippen LogP contribution in [0.4, 0.5) is 0 Å². The van der Waals surface area contributed by atoms with E-state index in [1.165, 1.54) is 24.8 Å². The van der Waals surface area contributed by atoms with Crippen LogP contribution in [0.3, 0.4) is 0 Å². The zero-order chi connectivity index (χ0) is 8.55. The van der Waals surface area contributed by atoms with Gasteiger partial charge in [0.2, 0.25) is 0 Å². The Morgan fingerprint density at radius 2 is 2.17 bits per heavy atom. The van der Waals surface area contributed by atoms with E-state index < -0.39 is 0 Å². The minimum atomic E-state index is 0.888. The van der Waals surface area contributed by atoms with E-state index in [-0.39, 0.29) is 0 Å². The maximum absolute atomic E-state index is 2.35. The predicted octanol–water partition coefficient (Wildman–Crippen LogP) is 3.12. The standard InChI is InChI=1S/C12H16/c1-9-6-7-12-10(2)4-3-5-11(12)8-9/h3-5,9H,6-8H2,1-2H3/t9-/m0/s1. The molecule has 1 aromatic carbocycles. The molecule has 1 aromatic rings. The van der Waals surface area contributed by atoms with Crippen molar-refractivity contribution in [3.8, 4) is 0 Å². The summed E-state index contributed by atoms with van der Waals surface area (Å²) in [5.74, 6) is 0.888. The molecule has 0 radical (unpaired) electrons. The molecule has 0 unspecified atom stereocenters. The van der Waals surface area contributed by atoms with Crippen LogP contribution in [-0.2, 0) is 12.8 Å². The SMILES string of the molecule is Cc1cccc2c1CC[C@H](C)C2. The summed E-state index contributed by atoms with van der Waals surface area (Å²) >= 11 is 0. The Balaban J connectivity index is 2.42. The molecule has 0 bridgehead atoms. The van der Waals surface area contributed by atoms with E-state index in [1.807, 2.05) is 0 Å². The first-order valence-electron chi connectivity index (χ1n) is 4.84. The highest BCUT2D eigenvalue weighted by molar-refractivity contribution is 5.36. The van der Waals surface area contributed by atoms with Gasteiger partial charge in [-0.25, -0.2) is 0 Å². The van der Waals surface area contributed by atoms with E-state index in [0.29, 0.717) is 0 Å².